The minimum atomic E-state index is -0.167. The lowest BCUT2D eigenvalue weighted by Gasteiger charge is -2.40. The summed E-state index contributed by atoms with van der Waals surface area (Å²) in [5, 5.41) is 10.1. The van der Waals surface area contributed by atoms with Crippen LogP contribution < -0.4 is 0 Å². The third-order valence-corrected chi connectivity index (χ3v) is 4.72. The molecule has 1 nitrogen and oxygen atoms in total. The van der Waals surface area contributed by atoms with Gasteiger partial charge in [-0.25, -0.2) is 0 Å². The number of aliphatic hydroxyl groups is 1. The highest BCUT2D eigenvalue weighted by Crippen LogP contribution is 2.54. The van der Waals surface area contributed by atoms with Crippen LogP contribution in [0.2, 0.25) is 0 Å². The van der Waals surface area contributed by atoms with Gasteiger partial charge in [-0.1, -0.05) is 37.1 Å². The largest absolute Gasteiger partial charge is 0.392 e. The first-order valence-electron chi connectivity index (χ1n) is 6.51. The lowest BCUT2D eigenvalue weighted by Crippen LogP contribution is -2.35. The SMILES string of the molecule is CC(C)=C1CCC(C)C12C=CC(C)C(O)C2. The van der Waals surface area contributed by atoms with Gasteiger partial charge in [0.1, 0.15) is 0 Å². The Morgan fingerprint density at radius 2 is 2.06 bits per heavy atom. The Morgan fingerprint density at radius 3 is 2.62 bits per heavy atom. The molecule has 0 saturated heterocycles. The van der Waals surface area contributed by atoms with E-state index in [2.05, 4.69) is 39.8 Å². The van der Waals surface area contributed by atoms with Gasteiger partial charge >= 0.3 is 0 Å². The van der Waals surface area contributed by atoms with E-state index in [9.17, 15) is 5.11 Å². The van der Waals surface area contributed by atoms with Crippen molar-refractivity contribution in [1.82, 2.24) is 0 Å². The highest BCUT2D eigenvalue weighted by molar-refractivity contribution is 5.33. The topological polar surface area (TPSA) is 20.2 Å². The molecular formula is C15H24O. The first-order valence-corrected chi connectivity index (χ1v) is 6.51. The van der Waals surface area contributed by atoms with E-state index < -0.39 is 0 Å². The summed E-state index contributed by atoms with van der Waals surface area (Å²) in [6.07, 6.45) is 7.86. The third kappa shape index (κ3) is 1.66. The summed E-state index contributed by atoms with van der Waals surface area (Å²) in [5.74, 6) is 0.993. The standard InChI is InChI=1S/C15H24O/c1-10(2)13-6-5-12(4)15(13)8-7-11(3)14(16)9-15/h7-8,11-12,14,16H,5-6,9H2,1-4H3. The van der Waals surface area contributed by atoms with Gasteiger partial charge < -0.3 is 5.11 Å². The number of hydrogen-bond donors (Lipinski definition) is 1. The van der Waals surface area contributed by atoms with Crippen LogP contribution in [0.4, 0.5) is 0 Å². The van der Waals surface area contributed by atoms with Crippen LogP contribution in [0.3, 0.4) is 0 Å². The molecule has 1 N–H and O–H groups in total. The summed E-state index contributed by atoms with van der Waals surface area (Å²) in [6, 6.07) is 0. The molecule has 0 aromatic rings. The molecule has 2 aliphatic rings. The van der Waals surface area contributed by atoms with Crippen LogP contribution in [0.1, 0.15) is 47.0 Å². The van der Waals surface area contributed by atoms with Gasteiger partial charge in [0.05, 0.1) is 6.10 Å². The second-order valence-electron chi connectivity index (χ2n) is 5.95. The van der Waals surface area contributed by atoms with Crippen LogP contribution in [-0.2, 0) is 0 Å². The predicted molar refractivity (Wildman–Crippen MR) is 68.1 cm³/mol. The van der Waals surface area contributed by atoms with Crippen molar-refractivity contribution < 1.29 is 5.11 Å². The second-order valence-corrected chi connectivity index (χ2v) is 5.95. The van der Waals surface area contributed by atoms with E-state index in [1.165, 1.54) is 18.4 Å². The number of aliphatic hydroxyl groups excluding tert-OH is 1. The molecule has 16 heavy (non-hydrogen) atoms. The van der Waals surface area contributed by atoms with Crippen LogP contribution in [0.15, 0.2) is 23.3 Å². The van der Waals surface area contributed by atoms with E-state index in [-0.39, 0.29) is 11.5 Å². The van der Waals surface area contributed by atoms with Crippen LogP contribution in [-0.4, -0.2) is 11.2 Å². The number of hydrogen-bond acceptors (Lipinski definition) is 1. The molecule has 2 aliphatic carbocycles. The van der Waals surface area contributed by atoms with Crippen LogP contribution in [0, 0.1) is 17.3 Å². The van der Waals surface area contributed by atoms with Crippen LogP contribution in [0.25, 0.3) is 0 Å². The van der Waals surface area contributed by atoms with Crippen LogP contribution >= 0.6 is 0 Å². The quantitative estimate of drug-likeness (QED) is 0.617. The fraction of sp³-hybridized carbons (Fsp3) is 0.733. The molecule has 1 saturated carbocycles. The fourth-order valence-electron chi connectivity index (χ4n) is 3.51. The highest BCUT2D eigenvalue weighted by Gasteiger charge is 2.46. The molecule has 2 rings (SSSR count). The zero-order valence-corrected chi connectivity index (χ0v) is 11.0. The average molecular weight is 220 g/mol. The van der Waals surface area contributed by atoms with E-state index in [1.807, 2.05) is 0 Å². The van der Waals surface area contributed by atoms with Gasteiger partial charge in [-0.05, 0) is 39.0 Å². The predicted octanol–water partition coefficient (Wildman–Crippen LogP) is 3.70. The number of rotatable bonds is 0. The first-order chi connectivity index (χ1) is 7.47. The van der Waals surface area contributed by atoms with E-state index >= 15 is 0 Å². The zero-order valence-electron chi connectivity index (χ0n) is 11.0. The Kier molecular flexibility index (Phi) is 3.00. The minimum Gasteiger partial charge on any atom is -0.392 e. The summed E-state index contributed by atoms with van der Waals surface area (Å²) in [4.78, 5) is 0. The van der Waals surface area contributed by atoms with Crippen molar-refractivity contribution >= 4 is 0 Å². The summed E-state index contributed by atoms with van der Waals surface area (Å²) >= 11 is 0. The van der Waals surface area contributed by atoms with Gasteiger partial charge in [-0.15, -0.1) is 0 Å². The molecule has 90 valence electrons. The van der Waals surface area contributed by atoms with Gasteiger partial charge in [0.15, 0.2) is 0 Å². The molecule has 1 spiro atoms. The third-order valence-electron chi connectivity index (χ3n) is 4.72. The van der Waals surface area contributed by atoms with Crippen molar-refractivity contribution in [3.8, 4) is 0 Å². The summed E-state index contributed by atoms with van der Waals surface area (Å²) in [6.45, 7) is 8.87. The second kappa shape index (κ2) is 4.03. The van der Waals surface area contributed by atoms with Gasteiger partial charge in [0.2, 0.25) is 0 Å². The van der Waals surface area contributed by atoms with Crippen molar-refractivity contribution in [1.29, 1.82) is 0 Å². The van der Waals surface area contributed by atoms with Crippen molar-refractivity contribution in [3.05, 3.63) is 23.3 Å². The first kappa shape index (κ1) is 11.9. The van der Waals surface area contributed by atoms with Gasteiger partial charge in [0, 0.05) is 11.3 Å². The molecule has 0 bridgehead atoms. The fourth-order valence-corrected chi connectivity index (χ4v) is 3.51. The van der Waals surface area contributed by atoms with Gasteiger partial charge in [0.25, 0.3) is 0 Å². The lowest BCUT2D eigenvalue weighted by molar-refractivity contribution is 0.0765. The molecule has 0 aromatic heterocycles. The van der Waals surface area contributed by atoms with Crippen molar-refractivity contribution in [3.63, 3.8) is 0 Å². The Balaban J connectivity index is 2.43. The molecule has 1 fully saturated rings. The summed E-state index contributed by atoms with van der Waals surface area (Å²) in [7, 11) is 0. The Morgan fingerprint density at radius 1 is 1.38 bits per heavy atom. The molecule has 0 heterocycles. The average Bonchev–Trinajstić information content (AvgIpc) is 2.51. The van der Waals surface area contributed by atoms with E-state index in [0.717, 1.165) is 6.42 Å². The molecule has 0 aliphatic heterocycles. The normalized spacial score (nSPS) is 43.1. The molecular weight excluding hydrogens is 196 g/mol. The van der Waals surface area contributed by atoms with Crippen molar-refractivity contribution in [2.75, 3.05) is 0 Å². The lowest BCUT2D eigenvalue weighted by atomic mass is 9.66. The summed E-state index contributed by atoms with van der Waals surface area (Å²) < 4.78 is 0. The monoisotopic (exact) mass is 220 g/mol. The van der Waals surface area contributed by atoms with E-state index in [0.29, 0.717) is 11.8 Å². The highest BCUT2D eigenvalue weighted by atomic mass is 16.3. The Labute approximate surface area is 99.3 Å². The summed E-state index contributed by atoms with van der Waals surface area (Å²) in [5.41, 5.74) is 3.21. The Hall–Kier alpha value is -0.560. The molecule has 0 amide bonds. The molecule has 0 aromatic carbocycles. The maximum absolute atomic E-state index is 10.1. The molecule has 1 heteroatoms. The van der Waals surface area contributed by atoms with E-state index in [4.69, 9.17) is 0 Å². The van der Waals surface area contributed by atoms with E-state index in [1.54, 1.807) is 5.57 Å². The molecule has 4 unspecified atom stereocenters. The minimum absolute atomic E-state index is 0.167. The zero-order chi connectivity index (χ0) is 11.9. The Bertz CT molecular complexity index is 335. The maximum atomic E-state index is 10.1. The smallest absolute Gasteiger partial charge is 0.0611 e. The number of allylic oxidation sites excluding steroid dienone is 3. The van der Waals surface area contributed by atoms with Gasteiger partial charge in [-0.2, -0.15) is 0 Å². The van der Waals surface area contributed by atoms with Crippen molar-refractivity contribution in [2.45, 2.75) is 53.1 Å². The van der Waals surface area contributed by atoms with Crippen LogP contribution in [0.5, 0.6) is 0 Å². The maximum Gasteiger partial charge on any atom is 0.0611 e. The van der Waals surface area contributed by atoms with Crippen molar-refractivity contribution in [2.24, 2.45) is 17.3 Å². The molecule has 0 radical (unpaired) electrons. The molecule has 4 atom stereocenters. The van der Waals surface area contributed by atoms with Gasteiger partial charge in [-0.3, -0.25) is 0 Å².